The number of benzene rings is 1. The zero-order chi connectivity index (χ0) is 15.4. The second kappa shape index (κ2) is 6.71. The highest BCUT2D eigenvalue weighted by Crippen LogP contribution is 2.21. The minimum Gasteiger partial charge on any atom is -0.338 e. The van der Waals surface area contributed by atoms with Crippen molar-refractivity contribution in [3.05, 3.63) is 46.3 Å². The molecule has 21 heavy (non-hydrogen) atoms. The summed E-state index contributed by atoms with van der Waals surface area (Å²) in [5, 5.41) is 4.80. The number of carbonyl (C=O) groups excluding carboxylic acids is 1. The van der Waals surface area contributed by atoms with Gasteiger partial charge in [0.1, 0.15) is 5.15 Å². The van der Waals surface area contributed by atoms with Crippen LogP contribution >= 0.6 is 23.2 Å². The fourth-order valence-corrected chi connectivity index (χ4v) is 1.77. The lowest BCUT2D eigenvalue weighted by Crippen LogP contribution is -2.27. The summed E-state index contributed by atoms with van der Waals surface area (Å²) in [5.74, 6) is -0.211. The van der Waals surface area contributed by atoms with Gasteiger partial charge in [-0.2, -0.15) is 0 Å². The van der Waals surface area contributed by atoms with Gasteiger partial charge in [0.2, 0.25) is 0 Å². The first-order valence-electron chi connectivity index (χ1n) is 5.88. The van der Waals surface area contributed by atoms with Crippen LogP contribution in [0.3, 0.4) is 0 Å². The zero-order valence-electron chi connectivity index (χ0n) is 11.3. The van der Waals surface area contributed by atoms with Crippen molar-refractivity contribution in [2.45, 2.75) is 0 Å². The molecular weight excluding hydrogens is 315 g/mol. The Morgan fingerprint density at radius 2 is 1.95 bits per heavy atom. The molecule has 6 nitrogen and oxygen atoms in total. The standard InChI is InChI=1S/C13H12Cl2N4O2/c1-19(21-2)13(20)11-12(18-10(15)7-16-11)17-9-5-3-8(14)4-6-9/h3-7H,1-2H3,(H,17,18). The van der Waals surface area contributed by atoms with Gasteiger partial charge in [0.15, 0.2) is 11.5 Å². The van der Waals surface area contributed by atoms with Gasteiger partial charge in [0.05, 0.1) is 13.3 Å². The molecule has 0 aliphatic carbocycles. The molecule has 1 aromatic carbocycles. The Morgan fingerprint density at radius 3 is 2.57 bits per heavy atom. The second-order valence-corrected chi connectivity index (χ2v) is 4.83. The van der Waals surface area contributed by atoms with E-state index in [-0.39, 0.29) is 16.7 Å². The maximum Gasteiger partial charge on any atom is 0.299 e. The van der Waals surface area contributed by atoms with Gasteiger partial charge in [-0.1, -0.05) is 23.2 Å². The number of aromatic nitrogens is 2. The normalized spacial score (nSPS) is 10.3. The molecule has 0 aliphatic rings. The van der Waals surface area contributed by atoms with E-state index in [4.69, 9.17) is 28.0 Å². The van der Waals surface area contributed by atoms with Crippen molar-refractivity contribution in [3.63, 3.8) is 0 Å². The Labute approximate surface area is 131 Å². The number of nitrogens with zero attached hydrogens (tertiary/aromatic N) is 3. The number of nitrogens with one attached hydrogen (secondary N) is 1. The van der Waals surface area contributed by atoms with Gasteiger partial charge >= 0.3 is 0 Å². The summed E-state index contributed by atoms with van der Waals surface area (Å²) in [5.41, 5.74) is 0.795. The van der Waals surface area contributed by atoms with Crippen LogP contribution in [0.15, 0.2) is 30.5 Å². The highest BCUT2D eigenvalue weighted by atomic mass is 35.5. The van der Waals surface area contributed by atoms with Gasteiger partial charge in [-0.05, 0) is 24.3 Å². The summed E-state index contributed by atoms with van der Waals surface area (Å²) < 4.78 is 0. The van der Waals surface area contributed by atoms with Crippen LogP contribution in [0.1, 0.15) is 10.5 Å². The van der Waals surface area contributed by atoms with Gasteiger partial charge in [-0.3, -0.25) is 9.63 Å². The van der Waals surface area contributed by atoms with Crippen LogP contribution in [0.2, 0.25) is 10.2 Å². The van der Waals surface area contributed by atoms with Crippen molar-refractivity contribution < 1.29 is 9.63 Å². The topological polar surface area (TPSA) is 67.3 Å². The lowest BCUT2D eigenvalue weighted by molar-refractivity contribution is -0.0760. The van der Waals surface area contributed by atoms with Gasteiger partial charge in [0.25, 0.3) is 5.91 Å². The molecule has 0 aliphatic heterocycles. The smallest absolute Gasteiger partial charge is 0.299 e. The van der Waals surface area contributed by atoms with Crippen LogP contribution in [0.4, 0.5) is 11.5 Å². The first kappa shape index (κ1) is 15.5. The summed E-state index contributed by atoms with van der Waals surface area (Å²) in [7, 11) is 2.86. The van der Waals surface area contributed by atoms with Crippen molar-refractivity contribution in [1.29, 1.82) is 0 Å². The molecule has 8 heteroatoms. The monoisotopic (exact) mass is 326 g/mol. The number of rotatable bonds is 4. The Bertz CT molecular complexity index is 649. The second-order valence-electron chi connectivity index (χ2n) is 4.01. The molecule has 1 aromatic heterocycles. The van der Waals surface area contributed by atoms with Crippen LogP contribution in [-0.2, 0) is 4.84 Å². The maximum absolute atomic E-state index is 12.1. The minimum absolute atomic E-state index is 0.0960. The van der Waals surface area contributed by atoms with Crippen molar-refractivity contribution >= 4 is 40.6 Å². The SMILES string of the molecule is CON(C)C(=O)c1ncc(Cl)nc1Nc1ccc(Cl)cc1. The number of anilines is 2. The third-order valence-corrected chi connectivity index (χ3v) is 3.05. The highest BCUT2D eigenvalue weighted by Gasteiger charge is 2.19. The third kappa shape index (κ3) is 3.81. The number of halogens is 2. The van der Waals surface area contributed by atoms with Crippen LogP contribution < -0.4 is 5.32 Å². The van der Waals surface area contributed by atoms with Gasteiger partial charge in [-0.15, -0.1) is 0 Å². The average Bonchev–Trinajstić information content (AvgIpc) is 2.48. The quantitative estimate of drug-likeness (QED) is 0.874. The van der Waals surface area contributed by atoms with Crippen LogP contribution in [-0.4, -0.2) is 35.1 Å². The van der Waals surface area contributed by atoms with E-state index in [1.165, 1.54) is 20.4 Å². The van der Waals surface area contributed by atoms with Crippen molar-refractivity contribution in [3.8, 4) is 0 Å². The number of hydrogen-bond donors (Lipinski definition) is 1. The molecule has 2 aromatic rings. The van der Waals surface area contributed by atoms with E-state index < -0.39 is 5.91 Å². The molecule has 1 heterocycles. The predicted molar refractivity (Wildman–Crippen MR) is 80.9 cm³/mol. The molecule has 0 radical (unpaired) electrons. The molecule has 0 saturated carbocycles. The van der Waals surface area contributed by atoms with Gasteiger partial charge in [-0.25, -0.2) is 15.0 Å². The van der Waals surface area contributed by atoms with Crippen LogP contribution in [0.25, 0.3) is 0 Å². The van der Waals surface area contributed by atoms with E-state index in [9.17, 15) is 4.79 Å². The van der Waals surface area contributed by atoms with Crippen LogP contribution in [0, 0.1) is 0 Å². The van der Waals surface area contributed by atoms with Crippen molar-refractivity contribution in [1.82, 2.24) is 15.0 Å². The van der Waals surface area contributed by atoms with E-state index in [2.05, 4.69) is 15.3 Å². The first-order valence-corrected chi connectivity index (χ1v) is 6.64. The molecule has 1 amide bonds. The number of amides is 1. The summed E-state index contributed by atoms with van der Waals surface area (Å²) in [6, 6.07) is 6.92. The number of hydrogen-bond acceptors (Lipinski definition) is 5. The molecule has 0 bridgehead atoms. The minimum atomic E-state index is -0.446. The molecule has 2 rings (SSSR count). The van der Waals surface area contributed by atoms with Crippen molar-refractivity contribution in [2.24, 2.45) is 0 Å². The summed E-state index contributed by atoms with van der Waals surface area (Å²) >= 11 is 11.7. The lowest BCUT2D eigenvalue weighted by atomic mass is 10.3. The summed E-state index contributed by atoms with van der Waals surface area (Å²) in [4.78, 5) is 25.1. The number of hydroxylamine groups is 2. The Kier molecular flexibility index (Phi) is 4.95. The lowest BCUT2D eigenvalue weighted by Gasteiger charge is -2.15. The maximum atomic E-state index is 12.1. The van der Waals surface area contributed by atoms with E-state index in [0.717, 1.165) is 5.06 Å². The zero-order valence-corrected chi connectivity index (χ0v) is 12.8. The number of carbonyl (C=O) groups is 1. The molecule has 0 spiro atoms. The average molecular weight is 327 g/mol. The molecule has 0 fully saturated rings. The molecular formula is C13H12Cl2N4O2. The Balaban J connectivity index is 2.35. The van der Waals surface area contributed by atoms with Gasteiger partial charge < -0.3 is 5.32 Å². The fraction of sp³-hybridized carbons (Fsp3) is 0.154. The largest absolute Gasteiger partial charge is 0.338 e. The highest BCUT2D eigenvalue weighted by molar-refractivity contribution is 6.30. The van der Waals surface area contributed by atoms with E-state index in [0.29, 0.717) is 10.7 Å². The summed E-state index contributed by atoms with van der Waals surface area (Å²) in [6.45, 7) is 0. The van der Waals surface area contributed by atoms with Crippen molar-refractivity contribution in [2.75, 3.05) is 19.5 Å². The Hall–Kier alpha value is -1.89. The summed E-state index contributed by atoms with van der Waals surface area (Å²) in [6.07, 6.45) is 1.30. The molecule has 0 unspecified atom stereocenters. The van der Waals surface area contributed by atoms with E-state index >= 15 is 0 Å². The van der Waals surface area contributed by atoms with Crippen LogP contribution in [0.5, 0.6) is 0 Å². The molecule has 1 N–H and O–H groups in total. The molecule has 0 saturated heterocycles. The Morgan fingerprint density at radius 1 is 1.29 bits per heavy atom. The predicted octanol–water partition coefficient (Wildman–Crippen LogP) is 3.16. The molecule has 110 valence electrons. The third-order valence-electron chi connectivity index (χ3n) is 2.61. The fourth-order valence-electron chi connectivity index (χ4n) is 1.51. The van der Waals surface area contributed by atoms with E-state index in [1.54, 1.807) is 24.3 Å². The van der Waals surface area contributed by atoms with E-state index in [1.807, 2.05) is 0 Å². The first-order chi connectivity index (χ1) is 10.0. The molecule has 0 atom stereocenters. The van der Waals surface area contributed by atoms with Gasteiger partial charge in [0, 0.05) is 17.8 Å².